The van der Waals surface area contributed by atoms with Gasteiger partial charge in [-0.2, -0.15) is 0 Å². The van der Waals surface area contributed by atoms with Gasteiger partial charge in [-0.05, 0) is 19.3 Å². The molecule has 0 aromatic carbocycles. The van der Waals surface area contributed by atoms with Crippen LogP contribution < -0.4 is 11.5 Å². The quantitative estimate of drug-likeness (QED) is 0.348. The zero-order valence-corrected chi connectivity index (χ0v) is 12.6. The maximum Gasteiger partial charge on any atom is 0.0885 e. The fraction of sp³-hybridized carbons (Fsp3) is 1.00. The van der Waals surface area contributed by atoms with Gasteiger partial charge in [-0.1, -0.05) is 45.2 Å². The molecule has 0 unspecified atom stereocenters. The predicted molar refractivity (Wildman–Crippen MR) is 60.6 cm³/mol. The molecule has 0 heterocycles. The minimum atomic E-state index is 0. The number of hydrogen-bond acceptors (Lipinski definition) is 2. The van der Waals surface area contributed by atoms with Crippen molar-refractivity contribution in [2.45, 2.75) is 32.8 Å². The number of nitrogens with two attached hydrogens (primary N) is 2. The van der Waals surface area contributed by atoms with Gasteiger partial charge in [0.15, 0.2) is 0 Å². The van der Waals surface area contributed by atoms with Gasteiger partial charge in [0.1, 0.15) is 0 Å². The van der Waals surface area contributed by atoms with E-state index >= 15 is 0 Å². The Morgan fingerprint density at radius 2 is 1.82 bits per heavy atom. The Morgan fingerprint density at radius 1 is 1.27 bits per heavy atom. The molecule has 1 fully saturated rings. The molecule has 5 heteroatoms. The summed E-state index contributed by atoms with van der Waals surface area (Å²) in [5.74, 6) is 0. The smallest absolute Gasteiger partial charge is 0.0885 e. The molecule has 0 bridgehead atoms. The number of alkyl halides is 2. The number of hydrogen-bond donors (Lipinski definition) is 2. The van der Waals surface area contributed by atoms with Gasteiger partial charge >= 0.3 is 0 Å². The minimum absolute atomic E-state index is 0. The molecule has 0 aliphatic heterocycles. The first kappa shape index (κ1) is 13.1. The Morgan fingerprint density at radius 3 is 2.18 bits per heavy atom. The molecule has 1 aliphatic rings. The molecule has 0 spiro atoms. The molecule has 0 saturated heterocycles. The van der Waals surface area contributed by atoms with Gasteiger partial charge in [0.2, 0.25) is 0 Å². The molecule has 0 aromatic heterocycles. The second kappa shape index (κ2) is 5.07. The molecule has 2 nitrogen and oxygen atoms in total. The SMILES string of the molecule is N[C@H]1CCC(I)(I)[C@H](N)C1.[Pt]. The van der Waals surface area contributed by atoms with E-state index in [2.05, 4.69) is 45.2 Å². The van der Waals surface area contributed by atoms with Crippen LogP contribution >= 0.6 is 45.2 Å². The van der Waals surface area contributed by atoms with Gasteiger partial charge in [-0.25, -0.2) is 0 Å². The Hall–Kier alpha value is 2.07. The van der Waals surface area contributed by atoms with E-state index in [1.54, 1.807) is 0 Å². The van der Waals surface area contributed by atoms with Crippen LogP contribution in [0, 0.1) is 0 Å². The van der Waals surface area contributed by atoms with Crippen molar-refractivity contribution in [3.63, 3.8) is 0 Å². The Balaban J connectivity index is 0.000001000. The van der Waals surface area contributed by atoms with Crippen LogP contribution in [0.4, 0.5) is 0 Å². The third-order valence-corrected chi connectivity index (χ3v) is 4.63. The largest absolute Gasteiger partial charge is 0.328 e. The average Bonchev–Trinajstić information content (AvgIpc) is 1.81. The molecule has 11 heavy (non-hydrogen) atoms. The van der Waals surface area contributed by atoms with Crippen molar-refractivity contribution in [2.24, 2.45) is 11.5 Å². The van der Waals surface area contributed by atoms with Gasteiger partial charge in [-0.3, -0.25) is 0 Å². The van der Waals surface area contributed by atoms with Gasteiger partial charge in [0, 0.05) is 33.1 Å². The molecule has 1 saturated carbocycles. The van der Waals surface area contributed by atoms with Crippen LogP contribution in [0.3, 0.4) is 0 Å². The zero-order chi connectivity index (χ0) is 7.78. The average molecular weight is 561 g/mol. The van der Waals surface area contributed by atoms with E-state index in [1.807, 2.05) is 0 Å². The van der Waals surface area contributed by atoms with Crippen molar-refractivity contribution in [1.82, 2.24) is 0 Å². The predicted octanol–water partition coefficient (Wildman–Crippen LogP) is 1.39. The van der Waals surface area contributed by atoms with Crippen molar-refractivity contribution < 1.29 is 21.1 Å². The van der Waals surface area contributed by atoms with Crippen molar-refractivity contribution >= 4 is 45.2 Å². The van der Waals surface area contributed by atoms with E-state index in [1.165, 1.54) is 0 Å². The molecule has 2 atom stereocenters. The molecule has 0 aromatic rings. The molecule has 1 aliphatic carbocycles. The maximum absolute atomic E-state index is 5.91. The van der Waals surface area contributed by atoms with E-state index in [-0.39, 0.29) is 28.5 Å². The van der Waals surface area contributed by atoms with Gasteiger partial charge in [0.25, 0.3) is 0 Å². The first-order valence-corrected chi connectivity index (χ1v) is 5.57. The summed E-state index contributed by atoms with van der Waals surface area (Å²) < 4.78 is 0.255. The van der Waals surface area contributed by atoms with E-state index in [9.17, 15) is 0 Å². The van der Waals surface area contributed by atoms with E-state index in [0.717, 1.165) is 19.3 Å². The molecule has 0 amide bonds. The second-order valence-electron chi connectivity index (χ2n) is 2.90. The van der Waals surface area contributed by atoms with Crippen LogP contribution in [-0.2, 0) is 21.1 Å². The van der Waals surface area contributed by atoms with Crippen molar-refractivity contribution in [3.05, 3.63) is 0 Å². The van der Waals surface area contributed by atoms with E-state index in [0.29, 0.717) is 6.04 Å². The third-order valence-electron chi connectivity index (χ3n) is 1.95. The summed E-state index contributed by atoms with van der Waals surface area (Å²) >= 11 is 4.87. The van der Waals surface area contributed by atoms with Crippen LogP contribution in [0.25, 0.3) is 0 Å². The fourth-order valence-corrected chi connectivity index (χ4v) is 2.31. The molecular weight excluding hydrogens is 549 g/mol. The Labute approximate surface area is 109 Å². The topological polar surface area (TPSA) is 52.0 Å². The second-order valence-corrected chi connectivity index (χ2v) is 8.82. The maximum atomic E-state index is 5.91. The normalized spacial score (nSPS) is 36.0. The Kier molecular flexibility index (Phi) is 6.03. The summed E-state index contributed by atoms with van der Waals surface area (Å²) in [6, 6.07) is 0.616. The van der Waals surface area contributed by atoms with E-state index in [4.69, 9.17) is 11.5 Å². The van der Waals surface area contributed by atoms with Crippen LogP contribution in [-0.4, -0.2) is 13.5 Å². The van der Waals surface area contributed by atoms with Crippen LogP contribution in [0.2, 0.25) is 0 Å². The van der Waals surface area contributed by atoms with E-state index < -0.39 is 0 Å². The van der Waals surface area contributed by atoms with Crippen LogP contribution in [0.5, 0.6) is 0 Å². The van der Waals surface area contributed by atoms with Crippen LogP contribution in [0.15, 0.2) is 0 Å². The summed E-state index contributed by atoms with van der Waals surface area (Å²) in [4.78, 5) is 0. The summed E-state index contributed by atoms with van der Waals surface area (Å²) in [5, 5.41) is 0. The van der Waals surface area contributed by atoms with Crippen molar-refractivity contribution in [2.75, 3.05) is 0 Å². The van der Waals surface area contributed by atoms with Crippen LogP contribution in [0.1, 0.15) is 19.3 Å². The Bertz CT molecular complexity index is 132. The summed E-state index contributed by atoms with van der Waals surface area (Å²) in [6.07, 6.45) is 3.25. The molecule has 4 N–H and O–H groups in total. The first-order chi connectivity index (χ1) is 4.52. The van der Waals surface area contributed by atoms with Crippen molar-refractivity contribution in [1.29, 1.82) is 0 Å². The third kappa shape index (κ3) is 3.75. The molecular formula is C6H12I2N2Pt. The first-order valence-electron chi connectivity index (χ1n) is 3.41. The number of halogens is 2. The summed E-state index contributed by atoms with van der Waals surface area (Å²) in [5.41, 5.74) is 11.7. The van der Waals surface area contributed by atoms with Gasteiger partial charge in [0.05, 0.1) is 1.43 Å². The monoisotopic (exact) mass is 561 g/mol. The summed E-state index contributed by atoms with van der Waals surface area (Å²) in [7, 11) is 0. The minimum Gasteiger partial charge on any atom is -0.328 e. The molecule has 1 rings (SSSR count). The van der Waals surface area contributed by atoms with Crippen molar-refractivity contribution in [3.8, 4) is 0 Å². The molecule has 0 radical (unpaired) electrons. The number of rotatable bonds is 0. The standard InChI is InChI=1S/C6H12I2N2.Pt/c7-6(8)2-1-4(9)3-5(6)10;/h4-5H,1-3,9-10H2;/t4-,5+;/m0./s1. The van der Waals surface area contributed by atoms with Gasteiger partial charge in [-0.15, -0.1) is 0 Å². The molecule has 70 valence electrons. The summed E-state index contributed by atoms with van der Waals surface area (Å²) in [6.45, 7) is 0. The fourth-order valence-electron chi connectivity index (χ4n) is 1.18. The van der Waals surface area contributed by atoms with Gasteiger partial charge < -0.3 is 11.5 Å². The zero-order valence-electron chi connectivity index (χ0n) is 6.00.